The van der Waals surface area contributed by atoms with Crippen molar-refractivity contribution in [2.24, 2.45) is 0 Å². The summed E-state index contributed by atoms with van der Waals surface area (Å²) in [5.41, 5.74) is 0. The molecule has 0 bridgehead atoms. The van der Waals surface area contributed by atoms with Gasteiger partial charge in [-0.15, -0.1) is 6.58 Å². The molecule has 0 radical (unpaired) electrons. The van der Waals surface area contributed by atoms with Gasteiger partial charge >= 0.3 is 0 Å². The average Bonchev–Trinajstić information content (AvgIpc) is 2.82. The highest BCUT2D eigenvalue weighted by Crippen LogP contribution is 2.55. The highest BCUT2D eigenvalue weighted by Gasteiger charge is 2.44. The number of rotatable bonds is 13. The highest BCUT2D eigenvalue weighted by molar-refractivity contribution is 7.95. The number of benzene rings is 3. The molecule has 0 unspecified atom stereocenters. The van der Waals surface area contributed by atoms with Crippen LogP contribution in [0.4, 0.5) is 0 Å². The summed E-state index contributed by atoms with van der Waals surface area (Å²) in [6.07, 6.45) is 13.8. The minimum atomic E-state index is -1.63. The van der Waals surface area contributed by atoms with E-state index in [-0.39, 0.29) is 17.0 Å². The Balaban J connectivity index is 0.00000341. The first-order chi connectivity index (χ1) is 14.9. The zero-order valence-corrected chi connectivity index (χ0v) is 21.1. The molecule has 3 rings (SSSR count). The molecule has 0 spiro atoms. The molecule has 0 aliphatic rings. The molecular weight excluding hydrogens is 459 g/mol. The van der Waals surface area contributed by atoms with Crippen molar-refractivity contribution in [2.75, 3.05) is 6.16 Å². The molecule has 0 amide bonds. The lowest BCUT2D eigenvalue weighted by Gasteiger charge is -2.27. The van der Waals surface area contributed by atoms with Gasteiger partial charge < -0.3 is 17.0 Å². The van der Waals surface area contributed by atoms with Crippen LogP contribution in [-0.2, 0) is 0 Å². The summed E-state index contributed by atoms with van der Waals surface area (Å²) in [5.74, 6) is 0. The first kappa shape index (κ1) is 25.6. The molecule has 0 saturated carbocycles. The van der Waals surface area contributed by atoms with Gasteiger partial charge in [-0.1, -0.05) is 86.4 Å². The van der Waals surface area contributed by atoms with Crippen molar-refractivity contribution in [1.29, 1.82) is 0 Å². The van der Waals surface area contributed by atoms with Crippen LogP contribution in [0.25, 0.3) is 0 Å². The van der Waals surface area contributed by atoms with E-state index in [4.69, 9.17) is 0 Å². The maximum Gasteiger partial charge on any atom is 0.112 e. The van der Waals surface area contributed by atoms with Gasteiger partial charge in [0.1, 0.15) is 23.2 Å². The first-order valence-corrected chi connectivity index (χ1v) is 13.5. The lowest BCUT2D eigenvalue weighted by atomic mass is 10.1. The maximum atomic E-state index is 3.82. The normalized spacial score (nSPS) is 11.0. The first-order valence-electron chi connectivity index (χ1n) is 11.5. The third kappa shape index (κ3) is 7.16. The maximum absolute atomic E-state index is 3.82. The zero-order chi connectivity index (χ0) is 20.9. The molecule has 0 N–H and O–H groups in total. The monoisotopic (exact) mass is 494 g/mol. The van der Waals surface area contributed by atoms with Crippen LogP contribution in [-0.4, -0.2) is 6.16 Å². The Morgan fingerprint density at radius 1 is 0.516 bits per heavy atom. The topological polar surface area (TPSA) is 0 Å². The van der Waals surface area contributed by atoms with Crippen LogP contribution in [0.2, 0.25) is 0 Å². The van der Waals surface area contributed by atoms with Gasteiger partial charge in [-0.3, -0.25) is 0 Å². The Kier molecular flexibility index (Phi) is 11.9. The molecular formula is C29H36BrP. The zero-order valence-electron chi connectivity index (χ0n) is 18.6. The Morgan fingerprint density at radius 2 is 0.871 bits per heavy atom. The predicted octanol–water partition coefficient (Wildman–Crippen LogP) is 4.29. The molecule has 3 aromatic carbocycles. The number of halogens is 1. The molecule has 0 fully saturated rings. The van der Waals surface area contributed by atoms with Crippen LogP contribution in [0.15, 0.2) is 104 Å². The molecule has 0 heterocycles. The van der Waals surface area contributed by atoms with Crippen LogP contribution in [0.3, 0.4) is 0 Å². The Bertz CT molecular complexity index is 749. The molecule has 164 valence electrons. The van der Waals surface area contributed by atoms with Crippen molar-refractivity contribution in [1.82, 2.24) is 0 Å². The molecule has 0 aromatic heterocycles. The molecule has 0 saturated heterocycles. The number of allylic oxidation sites excluding steroid dienone is 1. The van der Waals surface area contributed by atoms with E-state index in [0.717, 1.165) is 6.42 Å². The third-order valence-corrected chi connectivity index (χ3v) is 10.5. The van der Waals surface area contributed by atoms with Gasteiger partial charge in [0.2, 0.25) is 0 Å². The summed E-state index contributed by atoms with van der Waals surface area (Å²) in [6, 6.07) is 33.8. The van der Waals surface area contributed by atoms with E-state index in [2.05, 4.69) is 97.6 Å². The molecule has 2 heteroatoms. The minimum absolute atomic E-state index is 0. The summed E-state index contributed by atoms with van der Waals surface area (Å²) in [6.45, 7) is 3.82. The lowest BCUT2D eigenvalue weighted by Crippen LogP contribution is -3.00. The van der Waals surface area contributed by atoms with E-state index in [1.807, 2.05) is 6.08 Å². The van der Waals surface area contributed by atoms with Crippen molar-refractivity contribution < 1.29 is 17.0 Å². The summed E-state index contributed by atoms with van der Waals surface area (Å²) in [5, 5.41) is 4.52. The van der Waals surface area contributed by atoms with E-state index in [1.54, 1.807) is 0 Å². The van der Waals surface area contributed by atoms with E-state index in [9.17, 15) is 0 Å². The molecule has 3 aromatic rings. The molecule has 0 aliphatic carbocycles. The minimum Gasteiger partial charge on any atom is -1.00 e. The van der Waals surface area contributed by atoms with Crippen LogP contribution in [0.5, 0.6) is 0 Å². The Morgan fingerprint density at radius 3 is 1.26 bits per heavy atom. The van der Waals surface area contributed by atoms with Crippen molar-refractivity contribution >= 4 is 23.2 Å². The smallest absolute Gasteiger partial charge is 0.112 e. The van der Waals surface area contributed by atoms with E-state index >= 15 is 0 Å². The summed E-state index contributed by atoms with van der Waals surface area (Å²) >= 11 is 0. The van der Waals surface area contributed by atoms with Gasteiger partial charge in [0.05, 0.1) is 6.16 Å². The average molecular weight is 495 g/mol. The predicted molar refractivity (Wildman–Crippen MR) is 137 cm³/mol. The summed E-state index contributed by atoms with van der Waals surface area (Å²) < 4.78 is 0. The Hall–Kier alpha value is -1.69. The van der Waals surface area contributed by atoms with Crippen LogP contribution < -0.4 is 32.9 Å². The molecule has 0 atom stereocenters. The highest BCUT2D eigenvalue weighted by atomic mass is 79.9. The van der Waals surface area contributed by atoms with Gasteiger partial charge in [0.25, 0.3) is 0 Å². The van der Waals surface area contributed by atoms with Gasteiger partial charge in [0, 0.05) is 0 Å². The second-order valence-corrected chi connectivity index (χ2v) is 11.7. The van der Waals surface area contributed by atoms with E-state index < -0.39 is 7.26 Å². The van der Waals surface area contributed by atoms with E-state index in [1.165, 1.54) is 67.0 Å². The second-order valence-electron chi connectivity index (χ2n) is 8.09. The van der Waals surface area contributed by atoms with Gasteiger partial charge in [-0.2, -0.15) is 0 Å². The van der Waals surface area contributed by atoms with Crippen LogP contribution >= 0.6 is 7.26 Å². The molecule has 31 heavy (non-hydrogen) atoms. The van der Waals surface area contributed by atoms with Crippen LogP contribution in [0.1, 0.15) is 51.4 Å². The van der Waals surface area contributed by atoms with Gasteiger partial charge in [0.15, 0.2) is 0 Å². The van der Waals surface area contributed by atoms with E-state index in [0.29, 0.717) is 0 Å². The van der Waals surface area contributed by atoms with Gasteiger partial charge in [-0.05, 0) is 62.1 Å². The fraction of sp³-hybridized carbons (Fsp3) is 0.310. The largest absolute Gasteiger partial charge is 1.00 e. The number of hydrogen-bond donors (Lipinski definition) is 0. The summed E-state index contributed by atoms with van der Waals surface area (Å²) in [7, 11) is -1.63. The standard InChI is InChI=1S/C29H36P.BrH/c1-2-3-4-5-6-7-8-9-19-26-30(27-20-13-10-14-21-27,28-22-15-11-16-23-28)29-24-17-12-18-25-29;/h2,10-18,20-25H,1,3-9,19,26H2;1H/q+1;/p-1. The van der Waals surface area contributed by atoms with Crippen molar-refractivity contribution in [3.8, 4) is 0 Å². The van der Waals surface area contributed by atoms with Crippen LogP contribution in [0, 0.1) is 0 Å². The third-order valence-electron chi connectivity index (χ3n) is 5.99. The van der Waals surface area contributed by atoms with Gasteiger partial charge in [-0.25, -0.2) is 0 Å². The van der Waals surface area contributed by atoms with Crippen molar-refractivity contribution in [3.05, 3.63) is 104 Å². The fourth-order valence-electron chi connectivity index (χ4n) is 4.40. The SMILES string of the molecule is C=CCCCCCCCCC[P+](c1ccccc1)(c1ccccc1)c1ccccc1.[Br-]. The second kappa shape index (κ2) is 14.4. The Labute approximate surface area is 200 Å². The molecule has 0 aliphatic heterocycles. The number of unbranched alkanes of at least 4 members (excludes halogenated alkanes) is 7. The lowest BCUT2D eigenvalue weighted by molar-refractivity contribution is -0.00000600. The van der Waals surface area contributed by atoms with Crippen molar-refractivity contribution in [2.45, 2.75) is 51.4 Å². The van der Waals surface area contributed by atoms with Crippen molar-refractivity contribution in [3.63, 3.8) is 0 Å². The quantitative estimate of drug-likeness (QED) is 0.189. The fourth-order valence-corrected chi connectivity index (χ4v) is 8.81. The summed E-state index contributed by atoms with van der Waals surface area (Å²) in [4.78, 5) is 0. The number of hydrogen-bond acceptors (Lipinski definition) is 0. The molecule has 0 nitrogen and oxygen atoms in total.